The Hall–Kier alpha value is -0.580. The van der Waals surface area contributed by atoms with Gasteiger partial charge in [0, 0.05) is 6.04 Å². The Morgan fingerprint density at radius 1 is 1.48 bits per heavy atom. The lowest BCUT2D eigenvalue weighted by atomic mass is 10.0. The quantitative estimate of drug-likeness (QED) is 0.836. The van der Waals surface area contributed by atoms with Gasteiger partial charge in [-0.3, -0.25) is 0 Å². The van der Waals surface area contributed by atoms with Crippen molar-refractivity contribution < 1.29 is 9.47 Å². The van der Waals surface area contributed by atoms with Gasteiger partial charge in [-0.25, -0.2) is 0 Å². The second-order valence-electron chi connectivity index (χ2n) is 6.45. The third-order valence-corrected chi connectivity index (χ3v) is 4.65. The van der Waals surface area contributed by atoms with Gasteiger partial charge in [0.1, 0.15) is 12.4 Å². The second-order valence-corrected chi connectivity index (χ2v) is 7.30. The standard InChI is InChI=1S/C17H26BrNO2/c1-4-13(19)10-12-6-5-7-15(18)16(12)20-11-14-8-9-17(2,3)21-14/h5-7,13-14H,4,8-11,19H2,1-3H3. The lowest BCUT2D eigenvalue weighted by molar-refractivity contribution is -0.0328. The first-order valence-electron chi connectivity index (χ1n) is 7.75. The van der Waals surface area contributed by atoms with Crippen molar-refractivity contribution in [2.75, 3.05) is 6.61 Å². The largest absolute Gasteiger partial charge is 0.489 e. The summed E-state index contributed by atoms with van der Waals surface area (Å²) in [5.74, 6) is 0.912. The van der Waals surface area contributed by atoms with Crippen molar-refractivity contribution in [1.29, 1.82) is 0 Å². The molecule has 2 atom stereocenters. The lowest BCUT2D eigenvalue weighted by Gasteiger charge is -2.21. The summed E-state index contributed by atoms with van der Waals surface area (Å²) in [7, 11) is 0. The van der Waals surface area contributed by atoms with Crippen molar-refractivity contribution in [3.8, 4) is 5.75 Å². The molecule has 2 unspecified atom stereocenters. The van der Waals surface area contributed by atoms with E-state index in [1.54, 1.807) is 0 Å². The highest BCUT2D eigenvalue weighted by Crippen LogP contribution is 2.33. The van der Waals surface area contributed by atoms with Crippen LogP contribution in [-0.2, 0) is 11.2 Å². The predicted molar refractivity (Wildman–Crippen MR) is 89.8 cm³/mol. The van der Waals surface area contributed by atoms with E-state index in [2.05, 4.69) is 42.8 Å². The summed E-state index contributed by atoms with van der Waals surface area (Å²) in [6, 6.07) is 6.30. The SMILES string of the molecule is CCC(N)Cc1cccc(Br)c1OCC1CCC(C)(C)O1. The number of halogens is 1. The molecule has 2 rings (SSSR count). The van der Waals surface area contributed by atoms with E-state index in [4.69, 9.17) is 15.2 Å². The number of para-hydroxylation sites is 1. The maximum absolute atomic E-state index is 6.08. The number of nitrogens with two attached hydrogens (primary N) is 1. The van der Waals surface area contributed by atoms with E-state index in [0.29, 0.717) is 6.61 Å². The summed E-state index contributed by atoms with van der Waals surface area (Å²) in [6.07, 6.45) is 4.12. The molecule has 0 spiro atoms. The van der Waals surface area contributed by atoms with Gasteiger partial charge in [-0.05, 0) is 67.1 Å². The summed E-state index contributed by atoms with van der Waals surface area (Å²) >= 11 is 3.58. The monoisotopic (exact) mass is 355 g/mol. The van der Waals surface area contributed by atoms with Crippen LogP contribution in [0.1, 0.15) is 45.6 Å². The molecule has 0 bridgehead atoms. The zero-order valence-corrected chi connectivity index (χ0v) is 14.8. The van der Waals surface area contributed by atoms with Gasteiger partial charge in [0.15, 0.2) is 0 Å². The lowest BCUT2D eigenvalue weighted by Crippen LogP contribution is -2.25. The van der Waals surface area contributed by atoms with E-state index in [9.17, 15) is 0 Å². The molecule has 1 aromatic carbocycles. The van der Waals surface area contributed by atoms with Crippen LogP contribution < -0.4 is 10.5 Å². The van der Waals surface area contributed by atoms with Crippen molar-refractivity contribution in [1.82, 2.24) is 0 Å². The predicted octanol–water partition coefficient (Wildman–Crippen LogP) is 4.07. The highest BCUT2D eigenvalue weighted by atomic mass is 79.9. The first-order valence-corrected chi connectivity index (χ1v) is 8.54. The molecule has 1 aliphatic rings. The molecule has 4 heteroatoms. The third kappa shape index (κ3) is 4.70. The van der Waals surface area contributed by atoms with E-state index in [1.807, 2.05) is 12.1 Å². The smallest absolute Gasteiger partial charge is 0.136 e. The van der Waals surface area contributed by atoms with Crippen LogP contribution in [0.5, 0.6) is 5.75 Å². The summed E-state index contributed by atoms with van der Waals surface area (Å²) < 4.78 is 13.0. The zero-order valence-electron chi connectivity index (χ0n) is 13.2. The molecule has 1 aliphatic heterocycles. The van der Waals surface area contributed by atoms with Gasteiger partial charge in [-0.1, -0.05) is 19.1 Å². The average molecular weight is 356 g/mol. The molecule has 3 nitrogen and oxygen atoms in total. The molecule has 0 aromatic heterocycles. The molecular weight excluding hydrogens is 330 g/mol. The van der Waals surface area contributed by atoms with Crippen molar-refractivity contribution >= 4 is 15.9 Å². The van der Waals surface area contributed by atoms with Crippen LogP contribution >= 0.6 is 15.9 Å². The Kier molecular flexibility index (Phi) is 5.69. The van der Waals surface area contributed by atoms with Crippen molar-refractivity contribution in [3.05, 3.63) is 28.2 Å². The highest BCUT2D eigenvalue weighted by molar-refractivity contribution is 9.10. The Morgan fingerprint density at radius 2 is 2.24 bits per heavy atom. The number of hydrogen-bond acceptors (Lipinski definition) is 3. The number of benzene rings is 1. The Labute approximate surface area is 136 Å². The fourth-order valence-corrected chi connectivity index (χ4v) is 3.20. The minimum atomic E-state index is -0.0185. The summed E-state index contributed by atoms with van der Waals surface area (Å²) in [5.41, 5.74) is 7.23. The van der Waals surface area contributed by atoms with Gasteiger partial charge >= 0.3 is 0 Å². The number of hydrogen-bond donors (Lipinski definition) is 1. The molecular formula is C17H26BrNO2. The third-order valence-electron chi connectivity index (χ3n) is 4.02. The van der Waals surface area contributed by atoms with Crippen LogP contribution in [-0.4, -0.2) is 24.4 Å². The van der Waals surface area contributed by atoms with E-state index in [-0.39, 0.29) is 17.7 Å². The van der Waals surface area contributed by atoms with E-state index >= 15 is 0 Å². The second kappa shape index (κ2) is 7.12. The molecule has 2 N–H and O–H groups in total. The first-order chi connectivity index (χ1) is 9.91. The molecule has 1 aromatic rings. The van der Waals surface area contributed by atoms with Crippen LogP contribution in [0.2, 0.25) is 0 Å². The molecule has 21 heavy (non-hydrogen) atoms. The van der Waals surface area contributed by atoms with Crippen molar-refractivity contribution in [2.24, 2.45) is 5.73 Å². The van der Waals surface area contributed by atoms with E-state index < -0.39 is 0 Å². The molecule has 1 saturated heterocycles. The maximum atomic E-state index is 6.08. The van der Waals surface area contributed by atoms with Crippen LogP contribution in [0.15, 0.2) is 22.7 Å². The van der Waals surface area contributed by atoms with Gasteiger partial charge in [-0.2, -0.15) is 0 Å². The van der Waals surface area contributed by atoms with E-state index in [1.165, 1.54) is 0 Å². The first kappa shape index (κ1) is 16.8. The minimum Gasteiger partial charge on any atom is -0.489 e. The van der Waals surface area contributed by atoms with Crippen LogP contribution in [0.4, 0.5) is 0 Å². The molecule has 0 aliphatic carbocycles. The topological polar surface area (TPSA) is 44.5 Å². The van der Waals surface area contributed by atoms with Gasteiger partial charge < -0.3 is 15.2 Å². The Bertz CT molecular complexity index is 476. The summed E-state index contributed by atoms with van der Waals surface area (Å²) in [6.45, 7) is 6.98. The fourth-order valence-electron chi connectivity index (χ4n) is 2.67. The fraction of sp³-hybridized carbons (Fsp3) is 0.647. The van der Waals surface area contributed by atoms with Gasteiger partial charge in [0.05, 0.1) is 16.2 Å². The van der Waals surface area contributed by atoms with Crippen LogP contribution in [0.25, 0.3) is 0 Å². The Balaban J connectivity index is 2.02. The van der Waals surface area contributed by atoms with Gasteiger partial charge in [0.25, 0.3) is 0 Å². The zero-order chi connectivity index (χ0) is 15.5. The van der Waals surface area contributed by atoms with Gasteiger partial charge in [-0.15, -0.1) is 0 Å². The Morgan fingerprint density at radius 3 is 2.86 bits per heavy atom. The summed E-state index contributed by atoms with van der Waals surface area (Å²) in [5, 5.41) is 0. The minimum absolute atomic E-state index is 0.0185. The molecule has 1 heterocycles. The molecule has 118 valence electrons. The number of rotatable bonds is 6. The van der Waals surface area contributed by atoms with Crippen molar-refractivity contribution in [3.63, 3.8) is 0 Å². The molecule has 1 fully saturated rings. The van der Waals surface area contributed by atoms with Crippen LogP contribution in [0.3, 0.4) is 0 Å². The molecule has 0 amide bonds. The van der Waals surface area contributed by atoms with Crippen molar-refractivity contribution in [2.45, 2.75) is 64.2 Å². The van der Waals surface area contributed by atoms with Crippen LogP contribution in [0, 0.1) is 0 Å². The average Bonchev–Trinajstić information content (AvgIpc) is 2.77. The maximum Gasteiger partial charge on any atom is 0.136 e. The van der Waals surface area contributed by atoms with E-state index in [0.717, 1.165) is 41.5 Å². The molecule has 0 saturated carbocycles. The highest BCUT2D eigenvalue weighted by Gasteiger charge is 2.32. The molecule has 0 radical (unpaired) electrons. The number of ether oxygens (including phenoxy) is 2. The summed E-state index contributed by atoms with van der Waals surface area (Å²) in [4.78, 5) is 0. The van der Waals surface area contributed by atoms with Gasteiger partial charge in [0.2, 0.25) is 0 Å². The normalized spacial score (nSPS) is 22.2.